The Morgan fingerprint density at radius 3 is 2.57 bits per heavy atom. The minimum atomic E-state index is -4.08. The van der Waals surface area contributed by atoms with E-state index in [0.29, 0.717) is 27.1 Å². The van der Waals surface area contributed by atoms with Gasteiger partial charge in [0.2, 0.25) is 0 Å². The summed E-state index contributed by atoms with van der Waals surface area (Å²) < 4.78 is 45.5. The average Bonchev–Trinajstić information content (AvgIpc) is 3.28. The fraction of sp³-hybridized carbons (Fsp3) is 0.0400. The van der Waals surface area contributed by atoms with E-state index in [-0.39, 0.29) is 25.7 Å². The first-order chi connectivity index (χ1) is 17.6. The molecule has 0 saturated carbocycles. The molecule has 1 amide bonds. The molecule has 0 spiro atoms. The summed E-state index contributed by atoms with van der Waals surface area (Å²) in [6.07, 6.45) is 0. The minimum absolute atomic E-state index is 0.00655. The van der Waals surface area contributed by atoms with E-state index in [9.17, 15) is 22.7 Å². The third-order valence-electron chi connectivity index (χ3n) is 5.45. The molecule has 8 nitrogen and oxygen atoms in total. The first-order valence-corrected chi connectivity index (χ1v) is 13.3. The van der Waals surface area contributed by atoms with Crippen LogP contribution in [-0.4, -0.2) is 35.8 Å². The summed E-state index contributed by atoms with van der Waals surface area (Å²) in [5.41, 5.74) is 0.721. The van der Waals surface area contributed by atoms with Crippen molar-refractivity contribution in [1.82, 2.24) is 9.29 Å². The maximum Gasteiger partial charge on any atom is 0.278 e. The summed E-state index contributed by atoms with van der Waals surface area (Å²) in [7, 11) is -2.91. The van der Waals surface area contributed by atoms with E-state index >= 15 is 0 Å². The molecule has 12 heteroatoms. The van der Waals surface area contributed by atoms with Gasteiger partial charge in [0.15, 0.2) is 11.5 Å². The van der Waals surface area contributed by atoms with Crippen LogP contribution in [0, 0.1) is 5.82 Å². The number of sulfonamides is 1. The molecule has 5 rings (SSSR count). The Balaban J connectivity index is 1.41. The highest BCUT2D eigenvalue weighted by atomic mass is 35.5. The van der Waals surface area contributed by atoms with Crippen LogP contribution in [0.2, 0.25) is 4.34 Å². The Kier molecular flexibility index (Phi) is 6.36. The van der Waals surface area contributed by atoms with Gasteiger partial charge in [-0.3, -0.25) is 9.10 Å². The Hall–Kier alpha value is -3.93. The number of hydrogen-bond donors (Lipinski definition) is 2. The number of hydrogen-bond acceptors (Lipinski definition) is 7. The third-order valence-corrected chi connectivity index (χ3v) is 8.63. The SMILES string of the molecule is CN1C(C(=O)Nc2cccc(-c3cccc(Oc4ccc(F)cc4)c3)n2)=C(O)c2sc(Cl)cc2S1(=O)=O. The highest BCUT2D eigenvalue weighted by Gasteiger charge is 2.39. The zero-order valence-electron chi connectivity index (χ0n) is 19.0. The Bertz CT molecular complexity index is 1670. The Morgan fingerprint density at radius 2 is 1.81 bits per heavy atom. The van der Waals surface area contributed by atoms with E-state index < -0.39 is 27.4 Å². The fourth-order valence-electron chi connectivity index (χ4n) is 3.68. The summed E-state index contributed by atoms with van der Waals surface area (Å²) in [5.74, 6) is -0.643. The van der Waals surface area contributed by atoms with Gasteiger partial charge in [-0.2, -0.15) is 0 Å². The predicted molar refractivity (Wildman–Crippen MR) is 139 cm³/mol. The molecule has 2 aromatic carbocycles. The van der Waals surface area contributed by atoms with E-state index in [1.807, 2.05) is 0 Å². The van der Waals surface area contributed by atoms with E-state index in [0.717, 1.165) is 11.3 Å². The maximum absolute atomic E-state index is 13.2. The zero-order chi connectivity index (χ0) is 26.3. The van der Waals surface area contributed by atoms with Gasteiger partial charge in [0.05, 0.1) is 14.9 Å². The van der Waals surface area contributed by atoms with Crippen LogP contribution in [0.3, 0.4) is 0 Å². The summed E-state index contributed by atoms with van der Waals surface area (Å²) in [6, 6.07) is 18.8. The van der Waals surface area contributed by atoms with Gasteiger partial charge >= 0.3 is 0 Å². The van der Waals surface area contributed by atoms with Gasteiger partial charge in [-0.05, 0) is 54.6 Å². The number of halogens is 2. The average molecular weight is 558 g/mol. The van der Waals surface area contributed by atoms with Crippen LogP contribution in [0.25, 0.3) is 17.0 Å². The van der Waals surface area contributed by atoms with Crippen LogP contribution in [0.4, 0.5) is 10.2 Å². The number of likely N-dealkylation sites (N-methyl/N-ethyl adjacent to an activating group) is 1. The van der Waals surface area contributed by atoms with Crippen molar-refractivity contribution in [2.24, 2.45) is 0 Å². The number of anilines is 1. The molecule has 0 radical (unpaired) electrons. The third kappa shape index (κ3) is 4.76. The Morgan fingerprint density at radius 1 is 1.08 bits per heavy atom. The van der Waals surface area contributed by atoms with Crippen LogP contribution >= 0.6 is 22.9 Å². The molecule has 0 atom stereocenters. The molecule has 1 aliphatic heterocycles. The fourth-order valence-corrected chi connectivity index (χ4v) is 6.62. The van der Waals surface area contributed by atoms with Crippen molar-refractivity contribution in [1.29, 1.82) is 0 Å². The van der Waals surface area contributed by atoms with Gasteiger partial charge in [-0.1, -0.05) is 29.8 Å². The van der Waals surface area contributed by atoms with Crippen LogP contribution in [-0.2, 0) is 14.8 Å². The first-order valence-electron chi connectivity index (χ1n) is 10.7. The maximum atomic E-state index is 13.2. The molecule has 1 aliphatic rings. The van der Waals surface area contributed by atoms with E-state index in [4.69, 9.17) is 16.3 Å². The van der Waals surface area contributed by atoms with Gasteiger partial charge in [0, 0.05) is 12.6 Å². The number of fused-ring (bicyclic) bond motifs is 1. The lowest BCUT2D eigenvalue weighted by Crippen LogP contribution is -2.36. The van der Waals surface area contributed by atoms with Crippen LogP contribution in [0.5, 0.6) is 11.5 Å². The number of rotatable bonds is 5. The highest BCUT2D eigenvalue weighted by Crippen LogP contribution is 2.41. The summed E-state index contributed by atoms with van der Waals surface area (Å²) >= 11 is 6.81. The molecule has 188 valence electrons. The number of nitrogens with zero attached hydrogens (tertiary/aromatic N) is 2. The second kappa shape index (κ2) is 9.51. The van der Waals surface area contributed by atoms with Crippen molar-refractivity contribution in [2.75, 3.05) is 12.4 Å². The lowest BCUT2D eigenvalue weighted by atomic mass is 10.1. The predicted octanol–water partition coefficient (Wildman–Crippen LogP) is 5.89. The topological polar surface area (TPSA) is 109 Å². The Labute approximate surface area is 220 Å². The number of aliphatic hydroxyl groups is 1. The molecule has 3 heterocycles. The molecule has 37 heavy (non-hydrogen) atoms. The van der Waals surface area contributed by atoms with Crippen molar-refractivity contribution in [3.8, 4) is 22.8 Å². The standard InChI is InChI=1S/C25H17ClFN3O5S2/c1-30-22(23(31)24-19(37(30,33)34)13-20(26)36-24)25(32)29-21-7-3-6-18(28-21)14-4-2-5-17(12-14)35-16-10-8-15(27)9-11-16/h2-13,31H,1H3,(H,28,29,32). The van der Waals surface area contributed by atoms with Crippen molar-refractivity contribution in [3.05, 3.63) is 93.5 Å². The van der Waals surface area contributed by atoms with Crippen LogP contribution < -0.4 is 10.1 Å². The van der Waals surface area contributed by atoms with Gasteiger partial charge < -0.3 is 15.2 Å². The summed E-state index contributed by atoms with van der Waals surface area (Å²) in [5, 5.41) is 13.2. The number of pyridine rings is 1. The number of ether oxygens (including phenoxy) is 1. The van der Waals surface area contributed by atoms with Crippen molar-refractivity contribution in [3.63, 3.8) is 0 Å². The number of amides is 1. The van der Waals surface area contributed by atoms with Crippen LogP contribution in [0.1, 0.15) is 4.88 Å². The zero-order valence-corrected chi connectivity index (χ0v) is 21.4. The van der Waals surface area contributed by atoms with Gasteiger partial charge in [-0.15, -0.1) is 11.3 Å². The lowest BCUT2D eigenvalue weighted by molar-refractivity contribution is -0.113. The first kappa shape index (κ1) is 24.8. The molecule has 0 fully saturated rings. The summed E-state index contributed by atoms with van der Waals surface area (Å²) in [4.78, 5) is 17.3. The smallest absolute Gasteiger partial charge is 0.278 e. The van der Waals surface area contributed by atoms with E-state index in [1.54, 1.807) is 36.4 Å². The second-order valence-electron chi connectivity index (χ2n) is 7.86. The normalized spacial score (nSPS) is 14.3. The highest BCUT2D eigenvalue weighted by molar-refractivity contribution is 7.89. The number of benzene rings is 2. The van der Waals surface area contributed by atoms with Gasteiger partial charge in [-0.25, -0.2) is 17.8 Å². The number of carbonyl (C=O) groups is 1. The second-order valence-corrected chi connectivity index (χ2v) is 11.5. The van der Waals surface area contributed by atoms with Crippen molar-refractivity contribution >= 4 is 50.4 Å². The molecule has 4 aromatic rings. The monoisotopic (exact) mass is 557 g/mol. The number of aliphatic hydroxyl groups excluding tert-OH is 1. The molecule has 0 saturated heterocycles. The van der Waals surface area contributed by atoms with Crippen molar-refractivity contribution in [2.45, 2.75) is 4.90 Å². The lowest BCUT2D eigenvalue weighted by Gasteiger charge is -2.26. The minimum Gasteiger partial charge on any atom is -0.504 e. The molecule has 0 bridgehead atoms. The molecule has 0 unspecified atom stereocenters. The number of thiophene rings is 1. The number of nitrogens with one attached hydrogen (secondary N) is 1. The molecule has 0 aliphatic carbocycles. The van der Waals surface area contributed by atoms with Gasteiger partial charge in [0.25, 0.3) is 15.9 Å². The van der Waals surface area contributed by atoms with Gasteiger partial charge in [0.1, 0.15) is 28.0 Å². The molecule has 2 N–H and O–H groups in total. The van der Waals surface area contributed by atoms with E-state index in [2.05, 4.69) is 10.3 Å². The molecule has 2 aromatic heterocycles. The van der Waals surface area contributed by atoms with E-state index in [1.165, 1.54) is 43.4 Å². The van der Waals surface area contributed by atoms with Crippen molar-refractivity contribution < 1.29 is 27.4 Å². The molecular weight excluding hydrogens is 541 g/mol. The summed E-state index contributed by atoms with van der Waals surface area (Å²) in [6.45, 7) is 0. The van der Waals surface area contributed by atoms with Crippen LogP contribution in [0.15, 0.2) is 83.4 Å². The number of aromatic nitrogens is 1. The molecular formula is C25H17ClFN3O5S2. The largest absolute Gasteiger partial charge is 0.504 e. The number of carbonyl (C=O) groups excluding carboxylic acids is 1. The quantitative estimate of drug-likeness (QED) is 0.316.